The summed E-state index contributed by atoms with van der Waals surface area (Å²) < 4.78 is 10.9. The highest BCUT2D eigenvalue weighted by molar-refractivity contribution is 6.09. The van der Waals surface area contributed by atoms with E-state index in [0.717, 1.165) is 22.4 Å². The molecule has 0 fully saturated rings. The van der Waals surface area contributed by atoms with Crippen molar-refractivity contribution in [2.45, 2.75) is 26.9 Å². The number of hydrogen-bond acceptors (Lipinski definition) is 4. The van der Waals surface area contributed by atoms with E-state index in [1.165, 1.54) is 0 Å². The van der Waals surface area contributed by atoms with Gasteiger partial charge in [-0.3, -0.25) is 9.59 Å². The SMILES string of the molecule is CCOc1cc(CCNC(=O)c2ccccc2NC(=O)c2ccc(C)cc2)ccc1COC. The van der Waals surface area contributed by atoms with Crippen molar-refractivity contribution in [2.75, 3.05) is 25.6 Å². The molecule has 0 bridgehead atoms. The molecule has 33 heavy (non-hydrogen) atoms. The van der Waals surface area contributed by atoms with E-state index < -0.39 is 0 Å². The van der Waals surface area contributed by atoms with E-state index >= 15 is 0 Å². The third-order valence-electron chi connectivity index (χ3n) is 5.16. The zero-order valence-electron chi connectivity index (χ0n) is 19.3. The van der Waals surface area contributed by atoms with Crippen LogP contribution in [-0.2, 0) is 17.8 Å². The molecule has 3 aromatic rings. The molecule has 0 radical (unpaired) electrons. The van der Waals surface area contributed by atoms with Gasteiger partial charge in [0, 0.05) is 24.8 Å². The average Bonchev–Trinajstić information content (AvgIpc) is 2.81. The molecule has 0 heterocycles. The molecule has 3 rings (SSSR count). The van der Waals surface area contributed by atoms with E-state index in [0.29, 0.717) is 43.0 Å². The fraction of sp³-hybridized carbons (Fsp3) is 0.259. The van der Waals surface area contributed by atoms with Gasteiger partial charge in [0.1, 0.15) is 5.75 Å². The van der Waals surface area contributed by atoms with Crippen LogP contribution < -0.4 is 15.4 Å². The smallest absolute Gasteiger partial charge is 0.255 e. The van der Waals surface area contributed by atoms with Crippen LogP contribution in [0, 0.1) is 6.92 Å². The van der Waals surface area contributed by atoms with Gasteiger partial charge < -0.3 is 20.1 Å². The minimum absolute atomic E-state index is 0.240. The van der Waals surface area contributed by atoms with Gasteiger partial charge >= 0.3 is 0 Å². The Bertz CT molecular complexity index is 1090. The van der Waals surface area contributed by atoms with Crippen LogP contribution in [0.3, 0.4) is 0 Å². The van der Waals surface area contributed by atoms with Crippen molar-refractivity contribution in [3.8, 4) is 5.75 Å². The number of nitrogens with one attached hydrogen (secondary N) is 2. The Morgan fingerprint density at radius 3 is 2.42 bits per heavy atom. The van der Waals surface area contributed by atoms with E-state index in [2.05, 4.69) is 10.6 Å². The lowest BCUT2D eigenvalue weighted by Gasteiger charge is -2.13. The fourth-order valence-corrected chi connectivity index (χ4v) is 3.42. The van der Waals surface area contributed by atoms with Gasteiger partial charge in [-0.1, -0.05) is 42.0 Å². The molecule has 0 aromatic heterocycles. The number of hydrogen-bond donors (Lipinski definition) is 2. The average molecular weight is 447 g/mol. The summed E-state index contributed by atoms with van der Waals surface area (Å²) in [6.07, 6.45) is 0.650. The molecule has 0 atom stereocenters. The topological polar surface area (TPSA) is 76.7 Å². The molecule has 0 spiro atoms. The molecule has 2 amide bonds. The number of rotatable bonds is 10. The number of anilines is 1. The Hall–Kier alpha value is -3.64. The molecule has 0 unspecified atom stereocenters. The molecule has 0 aliphatic heterocycles. The summed E-state index contributed by atoms with van der Waals surface area (Å²) in [6, 6.07) is 20.3. The van der Waals surface area contributed by atoms with Crippen LogP contribution in [0.4, 0.5) is 5.69 Å². The standard InChI is InChI=1S/C27H30N2O4/c1-4-33-25-17-20(11-14-22(25)18-32-3)15-16-28-27(31)23-7-5-6-8-24(23)29-26(30)21-12-9-19(2)10-13-21/h5-14,17H,4,15-16,18H2,1-3H3,(H,28,31)(H,29,30). The summed E-state index contributed by atoms with van der Waals surface area (Å²) in [5.74, 6) is 0.304. The highest BCUT2D eigenvalue weighted by atomic mass is 16.5. The number of aryl methyl sites for hydroxylation is 1. The Kier molecular flexibility index (Phi) is 8.61. The minimum atomic E-state index is -0.255. The lowest BCUT2D eigenvalue weighted by atomic mass is 10.1. The number of carbonyl (C=O) groups is 2. The molecule has 3 aromatic carbocycles. The first kappa shape index (κ1) is 24.0. The summed E-state index contributed by atoms with van der Waals surface area (Å²) >= 11 is 0. The zero-order chi connectivity index (χ0) is 23.6. The Morgan fingerprint density at radius 1 is 0.939 bits per heavy atom. The van der Waals surface area contributed by atoms with E-state index in [1.54, 1.807) is 43.5 Å². The second kappa shape index (κ2) is 11.8. The lowest BCUT2D eigenvalue weighted by molar-refractivity contribution is 0.0955. The van der Waals surface area contributed by atoms with Gasteiger partial charge in [-0.2, -0.15) is 0 Å². The van der Waals surface area contributed by atoms with Gasteiger partial charge in [0.15, 0.2) is 0 Å². The number of ether oxygens (including phenoxy) is 2. The molecule has 2 N–H and O–H groups in total. The minimum Gasteiger partial charge on any atom is -0.493 e. The van der Waals surface area contributed by atoms with Crippen molar-refractivity contribution in [3.05, 3.63) is 94.5 Å². The van der Waals surface area contributed by atoms with Crippen molar-refractivity contribution in [3.63, 3.8) is 0 Å². The first-order chi connectivity index (χ1) is 16.0. The quantitative estimate of drug-likeness (QED) is 0.471. The van der Waals surface area contributed by atoms with Gasteiger partial charge in [-0.25, -0.2) is 0 Å². The monoisotopic (exact) mass is 446 g/mol. The first-order valence-electron chi connectivity index (χ1n) is 11.0. The van der Waals surface area contributed by atoms with Crippen LogP contribution in [0.25, 0.3) is 0 Å². The largest absolute Gasteiger partial charge is 0.493 e. The number of carbonyl (C=O) groups excluding carboxylic acids is 2. The molecular formula is C27H30N2O4. The van der Waals surface area contributed by atoms with E-state index in [-0.39, 0.29) is 11.8 Å². The highest BCUT2D eigenvalue weighted by Gasteiger charge is 2.14. The van der Waals surface area contributed by atoms with E-state index in [1.807, 2.05) is 44.2 Å². The first-order valence-corrected chi connectivity index (χ1v) is 11.0. The maximum absolute atomic E-state index is 12.8. The van der Waals surface area contributed by atoms with E-state index in [9.17, 15) is 9.59 Å². The second-order valence-corrected chi connectivity index (χ2v) is 7.68. The summed E-state index contributed by atoms with van der Waals surface area (Å²) in [5, 5.41) is 5.79. The van der Waals surface area contributed by atoms with Crippen molar-refractivity contribution in [1.82, 2.24) is 5.32 Å². The predicted molar refractivity (Wildman–Crippen MR) is 130 cm³/mol. The molecule has 6 nitrogen and oxygen atoms in total. The molecule has 0 aliphatic rings. The summed E-state index contributed by atoms with van der Waals surface area (Å²) in [4.78, 5) is 25.4. The third-order valence-corrected chi connectivity index (χ3v) is 5.16. The number of methoxy groups -OCH3 is 1. The van der Waals surface area contributed by atoms with E-state index in [4.69, 9.17) is 9.47 Å². The molecule has 0 aliphatic carbocycles. The van der Waals surface area contributed by atoms with Crippen LogP contribution >= 0.6 is 0 Å². The normalized spacial score (nSPS) is 10.5. The molecule has 172 valence electrons. The number of amides is 2. The Balaban J connectivity index is 1.62. The second-order valence-electron chi connectivity index (χ2n) is 7.68. The van der Waals surface area contributed by atoms with Crippen LogP contribution in [0.5, 0.6) is 5.75 Å². The van der Waals surface area contributed by atoms with Crippen LogP contribution in [-0.4, -0.2) is 32.1 Å². The van der Waals surface area contributed by atoms with Crippen LogP contribution in [0.1, 0.15) is 44.3 Å². The molecule has 0 saturated carbocycles. The van der Waals surface area contributed by atoms with Gasteiger partial charge in [-0.15, -0.1) is 0 Å². The predicted octanol–water partition coefficient (Wildman–Crippen LogP) is 4.76. The molecule has 6 heteroatoms. The van der Waals surface area contributed by atoms with Gasteiger partial charge in [0.25, 0.3) is 11.8 Å². The number of benzene rings is 3. The van der Waals surface area contributed by atoms with Crippen molar-refractivity contribution < 1.29 is 19.1 Å². The maximum atomic E-state index is 12.8. The zero-order valence-corrected chi connectivity index (χ0v) is 19.3. The summed E-state index contributed by atoms with van der Waals surface area (Å²) in [7, 11) is 1.65. The maximum Gasteiger partial charge on any atom is 0.255 e. The van der Waals surface area contributed by atoms with Gasteiger partial charge in [-0.05, 0) is 56.2 Å². The third kappa shape index (κ3) is 6.67. The Labute approximate surface area is 194 Å². The van der Waals surface area contributed by atoms with Crippen molar-refractivity contribution in [1.29, 1.82) is 0 Å². The number of para-hydroxylation sites is 1. The molecule has 0 saturated heterocycles. The van der Waals surface area contributed by atoms with Crippen molar-refractivity contribution in [2.24, 2.45) is 0 Å². The summed E-state index contributed by atoms with van der Waals surface area (Å²) in [6.45, 7) is 5.42. The van der Waals surface area contributed by atoms with Gasteiger partial charge in [0.2, 0.25) is 0 Å². The Morgan fingerprint density at radius 2 is 1.70 bits per heavy atom. The summed E-state index contributed by atoms with van der Waals surface area (Å²) in [5.41, 5.74) is 4.56. The van der Waals surface area contributed by atoms with Crippen molar-refractivity contribution >= 4 is 17.5 Å². The fourth-order valence-electron chi connectivity index (χ4n) is 3.42. The highest BCUT2D eigenvalue weighted by Crippen LogP contribution is 2.22. The van der Waals surface area contributed by atoms with Gasteiger partial charge in [0.05, 0.1) is 24.5 Å². The van der Waals surface area contributed by atoms with Crippen LogP contribution in [0.15, 0.2) is 66.7 Å². The lowest BCUT2D eigenvalue weighted by Crippen LogP contribution is -2.27. The molecular weight excluding hydrogens is 416 g/mol. The van der Waals surface area contributed by atoms with Crippen LogP contribution in [0.2, 0.25) is 0 Å².